The Kier molecular flexibility index (Phi) is 8.15. The van der Waals surface area contributed by atoms with Gasteiger partial charge in [0.05, 0.1) is 21.5 Å². The van der Waals surface area contributed by atoms with Crippen LogP contribution in [0, 0.1) is 0 Å². The first-order valence-corrected chi connectivity index (χ1v) is 12.4. The molecular weight excluding hydrogens is 485 g/mol. The van der Waals surface area contributed by atoms with Crippen molar-refractivity contribution in [1.29, 1.82) is 0 Å². The molecule has 0 fully saturated rings. The zero-order chi connectivity index (χ0) is 24.2. The number of halogens is 2. The van der Waals surface area contributed by atoms with Gasteiger partial charge < -0.3 is 15.5 Å². The predicted molar refractivity (Wildman–Crippen MR) is 128 cm³/mol. The molecule has 0 heterocycles. The van der Waals surface area contributed by atoms with Crippen LogP contribution in [-0.4, -0.2) is 37.2 Å². The normalized spacial score (nSPS) is 13.5. The SMILES string of the molecule is C[C@H](Cc1ccc(S(=O)(=O)c2ccc(Cl)cc2C(=O)O)cc1)NC[C@@H](O)c1cccc(Cl)c1. The second kappa shape index (κ2) is 10.7. The van der Waals surface area contributed by atoms with Crippen LogP contribution < -0.4 is 5.32 Å². The van der Waals surface area contributed by atoms with Gasteiger partial charge in [0, 0.05) is 22.6 Å². The Balaban J connectivity index is 1.67. The maximum atomic E-state index is 13.0. The number of carboxylic acids is 1. The van der Waals surface area contributed by atoms with Crippen molar-refractivity contribution in [2.75, 3.05) is 6.54 Å². The molecule has 0 saturated carbocycles. The van der Waals surface area contributed by atoms with Crippen LogP contribution in [0.4, 0.5) is 0 Å². The van der Waals surface area contributed by atoms with Crippen molar-refractivity contribution in [2.24, 2.45) is 0 Å². The smallest absolute Gasteiger partial charge is 0.337 e. The lowest BCUT2D eigenvalue weighted by Gasteiger charge is -2.18. The van der Waals surface area contributed by atoms with E-state index in [1.54, 1.807) is 36.4 Å². The van der Waals surface area contributed by atoms with Gasteiger partial charge >= 0.3 is 5.97 Å². The summed E-state index contributed by atoms with van der Waals surface area (Å²) in [5.74, 6) is -1.37. The largest absolute Gasteiger partial charge is 0.478 e. The first-order valence-electron chi connectivity index (χ1n) is 10.1. The Hall–Kier alpha value is -2.42. The van der Waals surface area contributed by atoms with E-state index in [0.29, 0.717) is 18.0 Å². The van der Waals surface area contributed by atoms with Gasteiger partial charge in [-0.3, -0.25) is 0 Å². The predicted octanol–water partition coefficient (Wildman–Crippen LogP) is 4.78. The number of benzene rings is 3. The van der Waals surface area contributed by atoms with Crippen molar-refractivity contribution < 1.29 is 23.4 Å². The van der Waals surface area contributed by atoms with E-state index < -0.39 is 21.9 Å². The fourth-order valence-corrected chi connectivity index (χ4v) is 5.21. The van der Waals surface area contributed by atoms with Crippen LogP contribution in [0.3, 0.4) is 0 Å². The molecule has 3 aromatic carbocycles. The van der Waals surface area contributed by atoms with Gasteiger partial charge in [0.2, 0.25) is 9.84 Å². The number of carboxylic acid groups (broad SMARTS) is 1. The topological polar surface area (TPSA) is 104 Å². The third-order valence-electron chi connectivity index (χ3n) is 5.13. The lowest BCUT2D eigenvalue weighted by molar-refractivity contribution is 0.0692. The summed E-state index contributed by atoms with van der Waals surface area (Å²) in [5, 5.41) is 23.7. The van der Waals surface area contributed by atoms with Crippen molar-refractivity contribution in [3.8, 4) is 0 Å². The number of carbonyl (C=O) groups is 1. The maximum absolute atomic E-state index is 13.0. The standard InChI is InChI=1S/C24H23Cl2NO5S/c1-15(27-14-22(28)17-3-2-4-18(25)12-17)11-16-5-8-20(9-6-16)33(31,32)23-10-7-19(26)13-21(23)24(29)30/h2-10,12-13,15,22,27-28H,11,14H2,1H3,(H,29,30)/t15-,22-/m1/s1. The highest BCUT2D eigenvalue weighted by atomic mass is 35.5. The van der Waals surface area contributed by atoms with E-state index in [1.807, 2.05) is 6.92 Å². The number of hydrogen-bond acceptors (Lipinski definition) is 5. The van der Waals surface area contributed by atoms with Gasteiger partial charge in [-0.25, -0.2) is 13.2 Å². The lowest BCUT2D eigenvalue weighted by Crippen LogP contribution is -2.32. The summed E-state index contributed by atoms with van der Waals surface area (Å²) in [7, 11) is -4.03. The summed E-state index contributed by atoms with van der Waals surface area (Å²) in [6, 6.07) is 17.0. The third-order valence-corrected chi connectivity index (χ3v) is 7.43. The van der Waals surface area contributed by atoms with Gasteiger partial charge in [-0.05, 0) is 66.9 Å². The Morgan fingerprint density at radius 1 is 1.00 bits per heavy atom. The Labute approximate surface area is 202 Å². The number of nitrogens with one attached hydrogen (secondary N) is 1. The van der Waals surface area contributed by atoms with Gasteiger partial charge in [0.1, 0.15) is 0 Å². The second-order valence-electron chi connectivity index (χ2n) is 7.68. The Bertz CT molecular complexity index is 1250. The van der Waals surface area contributed by atoms with Crippen molar-refractivity contribution >= 4 is 39.0 Å². The van der Waals surface area contributed by atoms with Crippen molar-refractivity contribution in [3.05, 3.63) is 93.5 Å². The van der Waals surface area contributed by atoms with Crippen molar-refractivity contribution in [2.45, 2.75) is 35.3 Å². The number of hydrogen-bond donors (Lipinski definition) is 3. The van der Waals surface area contributed by atoms with Crippen LogP contribution in [0.15, 0.2) is 76.5 Å². The van der Waals surface area contributed by atoms with Gasteiger partial charge in [-0.1, -0.05) is 47.5 Å². The monoisotopic (exact) mass is 507 g/mol. The average molecular weight is 508 g/mol. The molecule has 0 unspecified atom stereocenters. The maximum Gasteiger partial charge on any atom is 0.337 e. The molecule has 0 aliphatic heterocycles. The number of aliphatic hydroxyl groups is 1. The van der Waals surface area contributed by atoms with Crippen molar-refractivity contribution in [3.63, 3.8) is 0 Å². The molecule has 2 atom stereocenters. The first-order chi connectivity index (χ1) is 15.6. The summed E-state index contributed by atoms with van der Waals surface area (Å²) in [6.45, 7) is 2.30. The summed E-state index contributed by atoms with van der Waals surface area (Å²) >= 11 is 11.8. The zero-order valence-corrected chi connectivity index (χ0v) is 20.0. The zero-order valence-electron chi connectivity index (χ0n) is 17.7. The summed E-state index contributed by atoms with van der Waals surface area (Å²) in [4.78, 5) is 11.2. The quantitative estimate of drug-likeness (QED) is 0.385. The van der Waals surface area contributed by atoms with Crippen LogP contribution in [0.5, 0.6) is 0 Å². The van der Waals surface area contributed by atoms with Crippen molar-refractivity contribution in [1.82, 2.24) is 5.32 Å². The van der Waals surface area contributed by atoms with Crippen LogP contribution in [0.2, 0.25) is 10.0 Å². The lowest BCUT2D eigenvalue weighted by atomic mass is 10.1. The van der Waals surface area contributed by atoms with Gasteiger partial charge in [-0.2, -0.15) is 0 Å². The molecule has 0 aliphatic rings. The molecule has 0 radical (unpaired) electrons. The molecule has 33 heavy (non-hydrogen) atoms. The summed E-state index contributed by atoms with van der Waals surface area (Å²) in [5.41, 5.74) is 1.24. The average Bonchev–Trinajstić information content (AvgIpc) is 2.77. The number of rotatable bonds is 9. The molecule has 9 heteroatoms. The van der Waals surface area contributed by atoms with Crippen LogP contribution in [-0.2, 0) is 16.3 Å². The molecule has 174 valence electrons. The molecule has 0 spiro atoms. The molecule has 0 amide bonds. The molecule has 0 aromatic heterocycles. The minimum atomic E-state index is -4.03. The molecule has 0 aliphatic carbocycles. The van der Waals surface area contributed by atoms with E-state index in [2.05, 4.69) is 5.32 Å². The van der Waals surface area contributed by atoms with Gasteiger partial charge in [0.15, 0.2) is 0 Å². The van der Waals surface area contributed by atoms with E-state index in [-0.39, 0.29) is 26.4 Å². The summed E-state index contributed by atoms with van der Waals surface area (Å²) in [6.07, 6.45) is -0.106. The summed E-state index contributed by atoms with van der Waals surface area (Å²) < 4.78 is 26.0. The minimum Gasteiger partial charge on any atom is -0.478 e. The van der Waals surface area contributed by atoms with Crippen LogP contribution in [0.1, 0.15) is 34.5 Å². The van der Waals surface area contributed by atoms with E-state index in [9.17, 15) is 23.4 Å². The Morgan fingerprint density at radius 2 is 1.67 bits per heavy atom. The molecular formula is C24H23Cl2NO5S. The highest BCUT2D eigenvalue weighted by molar-refractivity contribution is 7.91. The Morgan fingerprint density at radius 3 is 2.30 bits per heavy atom. The fraction of sp³-hybridized carbons (Fsp3) is 0.208. The molecule has 3 aromatic rings. The highest BCUT2D eigenvalue weighted by Crippen LogP contribution is 2.27. The number of aromatic carboxylic acids is 1. The van der Waals surface area contributed by atoms with Crippen LogP contribution >= 0.6 is 23.2 Å². The third kappa shape index (κ3) is 6.34. The molecule has 3 N–H and O–H groups in total. The minimum absolute atomic E-state index is 0.00642. The number of aliphatic hydroxyl groups excluding tert-OH is 1. The first kappa shape index (κ1) is 25.2. The molecule has 0 bridgehead atoms. The molecule has 6 nitrogen and oxygen atoms in total. The van der Waals surface area contributed by atoms with E-state index in [0.717, 1.165) is 17.2 Å². The van der Waals surface area contributed by atoms with E-state index in [4.69, 9.17) is 23.2 Å². The van der Waals surface area contributed by atoms with Gasteiger partial charge in [0.25, 0.3) is 0 Å². The second-order valence-corrected chi connectivity index (χ2v) is 10.5. The van der Waals surface area contributed by atoms with Gasteiger partial charge in [-0.15, -0.1) is 0 Å². The molecule has 0 saturated heterocycles. The fourth-order valence-electron chi connectivity index (χ4n) is 3.41. The van der Waals surface area contributed by atoms with E-state index in [1.165, 1.54) is 24.3 Å². The van der Waals surface area contributed by atoms with E-state index >= 15 is 0 Å². The highest BCUT2D eigenvalue weighted by Gasteiger charge is 2.24. The molecule has 3 rings (SSSR count). The van der Waals surface area contributed by atoms with Crippen LogP contribution in [0.25, 0.3) is 0 Å². The number of sulfone groups is 1.